The van der Waals surface area contributed by atoms with E-state index in [4.69, 9.17) is 0 Å². The van der Waals surface area contributed by atoms with Gasteiger partial charge in [-0.1, -0.05) is 158 Å². The standard InChI is InChI=1S/C58H70N4/c1-37(2)41-15-25-47(26-16-41)59-51-33-23-45(57(9,10)11)35-53(51)61(49-29-19-43(20-30-49)39(5)6)55(59)56-60(48-27-17-42(18-28-48)38(3)4)52-34-24-46(58(12,13)14)36-54(52)62(56)50-31-21-44(22-32-50)40(7)8/h15-40,55-56H,1-14H3. The topological polar surface area (TPSA) is 13.0 Å². The van der Waals surface area contributed by atoms with E-state index in [2.05, 4.69) is 250 Å². The Morgan fingerprint density at radius 1 is 0.306 bits per heavy atom. The molecule has 2 heterocycles. The summed E-state index contributed by atoms with van der Waals surface area (Å²) in [5.74, 6) is 1.74. The van der Waals surface area contributed by atoms with Gasteiger partial charge < -0.3 is 19.6 Å². The molecule has 0 aromatic heterocycles. The lowest BCUT2D eigenvalue weighted by molar-refractivity contribution is 0.549. The second-order valence-corrected chi connectivity index (χ2v) is 21.2. The van der Waals surface area contributed by atoms with Gasteiger partial charge >= 0.3 is 0 Å². The zero-order valence-electron chi connectivity index (χ0n) is 40.0. The first-order chi connectivity index (χ1) is 29.3. The Labute approximate surface area is 374 Å². The quantitative estimate of drug-likeness (QED) is 0.144. The summed E-state index contributed by atoms with van der Waals surface area (Å²) in [7, 11) is 0. The number of hydrogen-bond acceptors (Lipinski definition) is 4. The van der Waals surface area contributed by atoms with Crippen LogP contribution in [0.15, 0.2) is 133 Å². The van der Waals surface area contributed by atoms with Gasteiger partial charge in [0, 0.05) is 22.7 Å². The molecule has 4 nitrogen and oxygen atoms in total. The summed E-state index contributed by atoms with van der Waals surface area (Å²) in [6.07, 6.45) is -0.426. The maximum absolute atomic E-state index is 2.66. The summed E-state index contributed by atoms with van der Waals surface area (Å²) in [6.45, 7) is 32.3. The molecule has 0 aliphatic carbocycles. The highest BCUT2D eigenvalue weighted by molar-refractivity contribution is 5.94. The second-order valence-electron chi connectivity index (χ2n) is 21.2. The molecule has 0 N–H and O–H groups in total. The van der Waals surface area contributed by atoms with Gasteiger partial charge in [-0.15, -0.1) is 0 Å². The monoisotopic (exact) mass is 823 g/mol. The van der Waals surface area contributed by atoms with Crippen molar-refractivity contribution in [1.82, 2.24) is 0 Å². The normalized spacial score (nSPS) is 16.7. The molecule has 0 spiro atoms. The zero-order valence-corrected chi connectivity index (χ0v) is 40.0. The Morgan fingerprint density at radius 3 is 0.742 bits per heavy atom. The highest BCUT2D eigenvalue weighted by Gasteiger charge is 2.52. The lowest BCUT2D eigenvalue weighted by Crippen LogP contribution is -2.58. The number of anilines is 8. The molecule has 0 saturated heterocycles. The number of fused-ring (bicyclic) bond motifs is 2. The summed E-state index contributed by atoms with van der Waals surface area (Å²) in [5, 5.41) is 0. The fourth-order valence-corrected chi connectivity index (χ4v) is 9.35. The van der Waals surface area contributed by atoms with Crippen LogP contribution < -0.4 is 19.6 Å². The fraction of sp³-hybridized carbons (Fsp3) is 0.379. The van der Waals surface area contributed by atoms with Crippen LogP contribution in [0.1, 0.15) is 154 Å². The van der Waals surface area contributed by atoms with Crippen molar-refractivity contribution < 1.29 is 0 Å². The Balaban J connectivity index is 1.48. The third-order valence-corrected chi connectivity index (χ3v) is 13.4. The van der Waals surface area contributed by atoms with Crippen molar-refractivity contribution in [2.45, 2.75) is 144 Å². The van der Waals surface area contributed by atoms with Crippen LogP contribution in [0.25, 0.3) is 0 Å². The van der Waals surface area contributed by atoms with E-state index in [0.29, 0.717) is 23.7 Å². The van der Waals surface area contributed by atoms with Gasteiger partial charge in [0.25, 0.3) is 0 Å². The van der Waals surface area contributed by atoms with Gasteiger partial charge in [0.1, 0.15) is 0 Å². The van der Waals surface area contributed by atoms with Crippen molar-refractivity contribution in [3.05, 3.63) is 167 Å². The van der Waals surface area contributed by atoms with Crippen LogP contribution in [-0.4, -0.2) is 12.3 Å². The van der Waals surface area contributed by atoms with Crippen LogP contribution in [-0.2, 0) is 10.8 Å². The van der Waals surface area contributed by atoms with E-state index in [9.17, 15) is 0 Å². The summed E-state index contributed by atoms with van der Waals surface area (Å²) in [5.41, 5.74) is 17.6. The van der Waals surface area contributed by atoms with Gasteiger partial charge in [0.2, 0.25) is 0 Å². The number of nitrogens with zero attached hydrogens (tertiary/aromatic N) is 4. The molecule has 6 aromatic rings. The summed E-state index contributed by atoms with van der Waals surface area (Å²) in [4.78, 5) is 10.6. The highest BCUT2D eigenvalue weighted by atomic mass is 15.5. The van der Waals surface area contributed by atoms with Crippen LogP contribution in [0.5, 0.6) is 0 Å². The second kappa shape index (κ2) is 16.3. The predicted octanol–water partition coefficient (Wildman–Crippen LogP) is 16.7. The predicted molar refractivity (Wildman–Crippen MR) is 269 cm³/mol. The van der Waals surface area contributed by atoms with E-state index < -0.39 is 0 Å². The molecule has 8 rings (SSSR count). The van der Waals surface area contributed by atoms with Gasteiger partial charge in [0.15, 0.2) is 12.3 Å². The van der Waals surface area contributed by atoms with Crippen LogP contribution in [0, 0.1) is 0 Å². The summed E-state index contributed by atoms with van der Waals surface area (Å²) < 4.78 is 0. The molecule has 322 valence electrons. The Morgan fingerprint density at radius 2 is 0.532 bits per heavy atom. The van der Waals surface area contributed by atoms with Crippen LogP contribution in [0.2, 0.25) is 0 Å². The molecular weight excluding hydrogens is 753 g/mol. The van der Waals surface area contributed by atoms with E-state index in [0.717, 1.165) is 0 Å². The summed E-state index contributed by atoms with van der Waals surface area (Å²) in [6, 6.07) is 52.1. The molecule has 2 atom stereocenters. The smallest absolute Gasteiger partial charge is 0.151 e. The lowest BCUT2D eigenvalue weighted by Gasteiger charge is -2.44. The van der Waals surface area contributed by atoms with Crippen LogP contribution >= 0.6 is 0 Å². The number of hydrogen-bond donors (Lipinski definition) is 0. The SMILES string of the molecule is CC(C)c1ccc(N2c3ccc(C(C)(C)C)cc3N(c3ccc(C(C)C)cc3)C2C2N(c3ccc(C(C)C)cc3)c3ccc(C(C)(C)C)cc3N2c2ccc(C(C)C)cc2)cc1. The highest BCUT2D eigenvalue weighted by Crippen LogP contribution is 2.57. The molecule has 2 unspecified atom stereocenters. The van der Waals surface area contributed by atoms with Crippen molar-refractivity contribution >= 4 is 45.5 Å². The minimum Gasteiger partial charge on any atom is -0.314 e. The molecule has 0 radical (unpaired) electrons. The molecule has 0 fully saturated rings. The maximum atomic E-state index is 2.66. The van der Waals surface area contributed by atoms with Gasteiger partial charge in [-0.3, -0.25) is 0 Å². The molecular formula is C58H70N4. The van der Waals surface area contributed by atoms with Crippen molar-refractivity contribution in [3.63, 3.8) is 0 Å². The van der Waals surface area contributed by atoms with Gasteiger partial charge in [0.05, 0.1) is 22.7 Å². The van der Waals surface area contributed by atoms with Gasteiger partial charge in [-0.2, -0.15) is 0 Å². The molecule has 62 heavy (non-hydrogen) atoms. The minimum absolute atomic E-state index is 0.0363. The molecule has 2 aliphatic rings. The van der Waals surface area contributed by atoms with E-state index in [1.807, 2.05) is 0 Å². The largest absolute Gasteiger partial charge is 0.314 e. The first-order valence-corrected chi connectivity index (χ1v) is 23.2. The van der Waals surface area contributed by atoms with Crippen molar-refractivity contribution in [3.8, 4) is 0 Å². The molecule has 4 heteroatoms. The van der Waals surface area contributed by atoms with Crippen molar-refractivity contribution in [2.24, 2.45) is 0 Å². The van der Waals surface area contributed by atoms with E-state index >= 15 is 0 Å². The van der Waals surface area contributed by atoms with E-state index in [1.54, 1.807) is 0 Å². The van der Waals surface area contributed by atoms with Gasteiger partial charge in [-0.25, -0.2) is 0 Å². The van der Waals surface area contributed by atoms with Crippen molar-refractivity contribution in [2.75, 3.05) is 19.6 Å². The molecule has 6 aromatic carbocycles. The first-order valence-electron chi connectivity index (χ1n) is 23.2. The average Bonchev–Trinajstić information content (AvgIpc) is 3.75. The Bertz CT molecular complexity index is 2320. The molecule has 0 amide bonds. The Kier molecular flexibility index (Phi) is 11.4. The Hall–Kier alpha value is -5.48. The van der Waals surface area contributed by atoms with Crippen molar-refractivity contribution in [1.29, 1.82) is 0 Å². The molecule has 0 saturated carbocycles. The lowest BCUT2D eigenvalue weighted by atomic mass is 9.86. The zero-order chi connectivity index (χ0) is 44.4. The minimum atomic E-state index is -0.213. The average molecular weight is 823 g/mol. The van der Waals surface area contributed by atoms with E-state index in [-0.39, 0.29) is 23.2 Å². The maximum Gasteiger partial charge on any atom is 0.151 e. The number of benzene rings is 6. The van der Waals surface area contributed by atoms with Crippen LogP contribution in [0.3, 0.4) is 0 Å². The molecule has 2 aliphatic heterocycles. The molecule has 0 bridgehead atoms. The van der Waals surface area contributed by atoms with E-state index in [1.165, 1.54) is 78.9 Å². The van der Waals surface area contributed by atoms with Crippen LogP contribution in [0.4, 0.5) is 45.5 Å². The third-order valence-electron chi connectivity index (χ3n) is 13.4. The third kappa shape index (κ3) is 7.91. The summed E-state index contributed by atoms with van der Waals surface area (Å²) >= 11 is 0. The fourth-order valence-electron chi connectivity index (χ4n) is 9.35. The first kappa shape index (κ1) is 43.2. The van der Waals surface area contributed by atoms with Gasteiger partial charge in [-0.05, 0) is 141 Å². The number of rotatable bonds is 9.